The van der Waals surface area contributed by atoms with Crippen LogP contribution < -0.4 is 5.73 Å². The monoisotopic (exact) mass is 189 g/mol. The summed E-state index contributed by atoms with van der Waals surface area (Å²) in [5.41, 5.74) is 5.12. The van der Waals surface area contributed by atoms with E-state index in [2.05, 4.69) is 0 Å². The van der Waals surface area contributed by atoms with E-state index in [9.17, 15) is 14.4 Å². The average molecular weight is 189 g/mol. The van der Waals surface area contributed by atoms with Gasteiger partial charge in [0.05, 0.1) is 0 Å². The van der Waals surface area contributed by atoms with E-state index >= 15 is 0 Å². The summed E-state index contributed by atoms with van der Waals surface area (Å²) in [4.78, 5) is 30.7. The van der Waals surface area contributed by atoms with Gasteiger partial charge in [-0.15, -0.1) is 0 Å². The molecule has 4 N–H and O–H groups in total. The first-order valence-electron chi connectivity index (χ1n) is 3.69. The number of ketones is 1. The molecule has 0 bridgehead atoms. The molecule has 0 radical (unpaired) electrons. The van der Waals surface area contributed by atoms with Crippen LogP contribution in [0.25, 0.3) is 0 Å². The van der Waals surface area contributed by atoms with Gasteiger partial charge in [0.15, 0.2) is 0 Å². The zero-order valence-corrected chi connectivity index (χ0v) is 6.90. The van der Waals surface area contributed by atoms with E-state index in [0.717, 1.165) is 0 Å². The topological polar surface area (TPSA) is 118 Å². The molecule has 74 valence electrons. The molecule has 6 nitrogen and oxygen atoms in total. The molecule has 0 fully saturated rings. The van der Waals surface area contributed by atoms with Gasteiger partial charge in [0.2, 0.25) is 5.78 Å². The largest absolute Gasteiger partial charge is 0.480 e. The van der Waals surface area contributed by atoms with Gasteiger partial charge in [0.1, 0.15) is 6.04 Å². The maximum atomic E-state index is 10.5. The highest BCUT2D eigenvalue weighted by Crippen LogP contribution is 2.00. The summed E-state index contributed by atoms with van der Waals surface area (Å²) < 4.78 is 0. The van der Waals surface area contributed by atoms with E-state index in [1.165, 1.54) is 0 Å². The minimum absolute atomic E-state index is 0.106. The molecule has 6 heteroatoms. The number of nitrogens with two attached hydrogens (primary N) is 1. The number of carbonyl (C=O) groups excluding carboxylic acids is 1. The number of hydrogen-bond donors (Lipinski definition) is 3. The van der Waals surface area contributed by atoms with Crippen molar-refractivity contribution in [2.75, 3.05) is 0 Å². The third kappa shape index (κ3) is 4.91. The second-order valence-electron chi connectivity index (χ2n) is 2.57. The molecule has 0 amide bonds. The minimum atomic E-state index is -1.50. The summed E-state index contributed by atoms with van der Waals surface area (Å²) in [5, 5.41) is 16.5. The summed E-state index contributed by atoms with van der Waals surface area (Å²) >= 11 is 0. The molecule has 0 aliphatic heterocycles. The first-order valence-corrected chi connectivity index (χ1v) is 3.69. The first kappa shape index (κ1) is 11.6. The Morgan fingerprint density at radius 3 is 2.15 bits per heavy atom. The predicted molar refractivity (Wildman–Crippen MR) is 42.1 cm³/mol. The van der Waals surface area contributed by atoms with Crippen LogP contribution in [0.4, 0.5) is 0 Å². The number of Topliss-reactive ketones (excluding diaryl/α,β-unsaturated/α-hetero) is 1. The number of carboxylic acid groups (broad SMARTS) is 2. The molecule has 1 atom stereocenters. The SMILES string of the molecule is N[C@@H](CCCC(=O)C(=O)O)C(=O)O. The lowest BCUT2D eigenvalue weighted by atomic mass is 10.1. The smallest absolute Gasteiger partial charge is 0.372 e. The van der Waals surface area contributed by atoms with Crippen LogP contribution in [-0.2, 0) is 14.4 Å². The summed E-state index contributed by atoms with van der Waals surface area (Å²) in [5.74, 6) is -3.57. The highest BCUT2D eigenvalue weighted by atomic mass is 16.4. The second-order valence-corrected chi connectivity index (χ2v) is 2.57. The molecular weight excluding hydrogens is 178 g/mol. The first-order chi connectivity index (χ1) is 5.95. The lowest BCUT2D eigenvalue weighted by Gasteiger charge is -2.03. The van der Waals surface area contributed by atoms with Crippen LogP contribution in [0.15, 0.2) is 0 Å². The normalized spacial score (nSPS) is 12.1. The number of carboxylic acids is 2. The predicted octanol–water partition coefficient (Wildman–Crippen LogP) is -0.778. The summed E-state index contributed by atoms with van der Waals surface area (Å²) in [7, 11) is 0. The maximum absolute atomic E-state index is 10.5. The molecule has 0 rings (SSSR count). The van der Waals surface area contributed by atoms with Gasteiger partial charge in [-0.3, -0.25) is 9.59 Å². The van der Waals surface area contributed by atoms with E-state index in [0.29, 0.717) is 0 Å². The van der Waals surface area contributed by atoms with Crippen molar-refractivity contribution in [3.05, 3.63) is 0 Å². The van der Waals surface area contributed by atoms with Crippen LogP contribution in [0.1, 0.15) is 19.3 Å². The Kier molecular flexibility index (Phi) is 4.68. The maximum Gasteiger partial charge on any atom is 0.372 e. The van der Waals surface area contributed by atoms with Crippen LogP contribution >= 0.6 is 0 Å². The molecule has 0 saturated heterocycles. The lowest BCUT2D eigenvalue weighted by Crippen LogP contribution is -2.30. The van der Waals surface area contributed by atoms with Crippen LogP contribution in [0.5, 0.6) is 0 Å². The van der Waals surface area contributed by atoms with Crippen molar-refractivity contribution in [2.24, 2.45) is 5.73 Å². The molecule has 0 aromatic heterocycles. The van der Waals surface area contributed by atoms with Gasteiger partial charge in [0, 0.05) is 6.42 Å². The Hall–Kier alpha value is -1.43. The quantitative estimate of drug-likeness (QED) is 0.472. The molecule has 0 unspecified atom stereocenters. The molecule has 0 spiro atoms. The van der Waals surface area contributed by atoms with Crippen molar-refractivity contribution in [1.82, 2.24) is 0 Å². The Labute approximate surface area is 74.3 Å². The van der Waals surface area contributed by atoms with E-state index < -0.39 is 23.8 Å². The van der Waals surface area contributed by atoms with Gasteiger partial charge in [-0.05, 0) is 12.8 Å². The zero-order chi connectivity index (χ0) is 10.4. The van der Waals surface area contributed by atoms with Crippen molar-refractivity contribution < 1.29 is 24.6 Å². The van der Waals surface area contributed by atoms with Crippen LogP contribution in [0.2, 0.25) is 0 Å². The zero-order valence-electron chi connectivity index (χ0n) is 6.90. The summed E-state index contributed by atoms with van der Waals surface area (Å²) in [6.45, 7) is 0. The molecule has 0 aliphatic carbocycles. The number of carbonyl (C=O) groups is 3. The third-order valence-electron chi connectivity index (χ3n) is 1.47. The van der Waals surface area contributed by atoms with Crippen molar-refractivity contribution in [1.29, 1.82) is 0 Å². The lowest BCUT2D eigenvalue weighted by molar-refractivity contribution is -0.149. The Balaban J connectivity index is 3.62. The molecule has 0 aromatic carbocycles. The average Bonchev–Trinajstić information content (AvgIpc) is 2.03. The van der Waals surface area contributed by atoms with Crippen molar-refractivity contribution in [3.63, 3.8) is 0 Å². The van der Waals surface area contributed by atoms with Gasteiger partial charge in [-0.25, -0.2) is 4.79 Å². The molecular formula is C7H11NO5. The van der Waals surface area contributed by atoms with Gasteiger partial charge in [-0.2, -0.15) is 0 Å². The van der Waals surface area contributed by atoms with Crippen LogP contribution in [-0.4, -0.2) is 34.0 Å². The highest BCUT2D eigenvalue weighted by Gasteiger charge is 2.14. The number of rotatable bonds is 6. The van der Waals surface area contributed by atoms with Crippen molar-refractivity contribution in [3.8, 4) is 0 Å². The highest BCUT2D eigenvalue weighted by molar-refractivity contribution is 6.32. The standard InChI is InChI=1S/C7H11NO5/c8-4(6(10)11)2-1-3-5(9)7(12)13/h4H,1-3,8H2,(H,10,11)(H,12,13)/t4-/m0/s1. The number of hydrogen-bond acceptors (Lipinski definition) is 4. The van der Waals surface area contributed by atoms with Crippen molar-refractivity contribution in [2.45, 2.75) is 25.3 Å². The fourth-order valence-corrected chi connectivity index (χ4v) is 0.713. The second kappa shape index (κ2) is 5.26. The Morgan fingerprint density at radius 2 is 1.77 bits per heavy atom. The summed E-state index contributed by atoms with van der Waals surface area (Å²) in [6.07, 6.45) is 0.114. The van der Waals surface area contributed by atoms with E-state index in [4.69, 9.17) is 15.9 Å². The Bertz CT molecular complexity index is 225. The molecule has 0 heterocycles. The molecule has 0 saturated carbocycles. The molecule has 13 heavy (non-hydrogen) atoms. The Morgan fingerprint density at radius 1 is 1.23 bits per heavy atom. The van der Waals surface area contributed by atoms with E-state index in [1.807, 2.05) is 0 Å². The summed E-state index contributed by atoms with van der Waals surface area (Å²) in [6, 6.07) is -1.03. The van der Waals surface area contributed by atoms with E-state index in [-0.39, 0.29) is 19.3 Å². The van der Waals surface area contributed by atoms with Crippen LogP contribution in [0, 0.1) is 0 Å². The third-order valence-corrected chi connectivity index (χ3v) is 1.47. The van der Waals surface area contributed by atoms with Gasteiger partial charge in [-0.1, -0.05) is 0 Å². The number of aliphatic carboxylic acids is 2. The molecule has 0 aromatic rings. The van der Waals surface area contributed by atoms with Gasteiger partial charge in [0.25, 0.3) is 0 Å². The van der Waals surface area contributed by atoms with Gasteiger partial charge >= 0.3 is 11.9 Å². The van der Waals surface area contributed by atoms with Crippen molar-refractivity contribution >= 4 is 17.7 Å². The van der Waals surface area contributed by atoms with Crippen LogP contribution in [0.3, 0.4) is 0 Å². The fraction of sp³-hybridized carbons (Fsp3) is 0.571. The minimum Gasteiger partial charge on any atom is -0.480 e. The molecule has 0 aliphatic rings. The van der Waals surface area contributed by atoms with E-state index in [1.54, 1.807) is 0 Å². The fourth-order valence-electron chi connectivity index (χ4n) is 0.713. The van der Waals surface area contributed by atoms with Gasteiger partial charge < -0.3 is 15.9 Å².